The summed E-state index contributed by atoms with van der Waals surface area (Å²) in [7, 11) is -4.01. The van der Waals surface area contributed by atoms with Crippen LogP contribution in [0.3, 0.4) is 0 Å². The summed E-state index contributed by atoms with van der Waals surface area (Å²) in [5, 5.41) is 5.28. The molecular formula is C17H15N3O5S. The Morgan fingerprint density at radius 3 is 2.65 bits per heavy atom. The first kappa shape index (κ1) is 16.4. The molecule has 2 N–H and O–H groups in total. The summed E-state index contributed by atoms with van der Waals surface area (Å²) in [6.07, 6.45) is -0.650. The lowest BCUT2D eigenvalue weighted by Crippen LogP contribution is -2.42. The maximum absolute atomic E-state index is 13.1. The number of anilines is 3. The molecule has 0 unspecified atom stereocenters. The van der Waals surface area contributed by atoms with Crippen LogP contribution in [0.4, 0.5) is 17.1 Å². The average molecular weight is 373 g/mol. The summed E-state index contributed by atoms with van der Waals surface area (Å²) >= 11 is 0. The Bertz CT molecular complexity index is 1030. The number of fused-ring (bicyclic) bond motifs is 2. The summed E-state index contributed by atoms with van der Waals surface area (Å²) in [4.78, 5) is 23.7. The molecular weight excluding hydrogens is 358 g/mol. The summed E-state index contributed by atoms with van der Waals surface area (Å²) in [6.45, 7) is 1.28. The molecule has 2 aliphatic heterocycles. The van der Waals surface area contributed by atoms with E-state index in [1.165, 1.54) is 18.2 Å². The number of carbonyl (C=O) groups is 2. The minimum Gasteiger partial charge on any atom is -0.479 e. The fraction of sp³-hybridized carbons (Fsp3) is 0.176. The molecule has 0 bridgehead atoms. The fourth-order valence-corrected chi connectivity index (χ4v) is 4.36. The largest absolute Gasteiger partial charge is 0.479 e. The van der Waals surface area contributed by atoms with Crippen molar-refractivity contribution in [1.29, 1.82) is 0 Å². The van der Waals surface area contributed by atoms with Gasteiger partial charge in [-0.2, -0.15) is 0 Å². The summed E-state index contributed by atoms with van der Waals surface area (Å²) in [5.74, 6) is -0.377. The predicted octanol–water partition coefficient (Wildman–Crippen LogP) is 1.55. The fourth-order valence-electron chi connectivity index (χ4n) is 2.89. The van der Waals surface area contributed by atoms with E-state index >= 15 is 0 Å². The van der Waals surface area contributed by atoms with Crippen LogP contribution < -0.4 is 19.7 Å². The predicted molar refractivity (Wildman–Crippen MR) is 94.8 cm³/mol. The molecule has 2 amide bonds. The molecule has 0 fully saturated rings. The lowest BCUT2D eigenvalue weighted by molar-refractivity contribution is -0.122. The number of benzene rings is 2. The zero-order valence-electron chi connectivity index (χ0n) is 13.7. The van der Waals surface area contributed by atoms with Gasteiger partial charge in [-0.25, -0.2) is 8.42 Å². The van der Waals surface area contributed by atoms with E-state index in [4.69, 9.17) is 4.74 Å². The van der Waals surface area contributed by atoms with Crippen molar-refractivity contribution >= 4 is 38.9 Å². The van der Waals surface area contributed by atoms with Crippen LogP contribution in [-0.4, -0.2) is 32.9 Å². The second-order valence-electron chi connectivity index (χ2n) is 5.98. The molecule has 0 saturated carbocycles. The van der Waals surface area contributed by atoms with Gasteiger partial charge in [0.2, 0.25) is 5.91 Å². The maximum Gasteiger partial charge on any atom is 0.265 e. The molecule has 2 aromatic rings. The molecule has 2 heterocycles. The molecule has 9 heteroatoms. The van der Waals surface area contributed by atoms with Crippen molar-refractivity contribution in [1.82, 2.24) is 0 Å². The van der Waals surface area contributed by atoms with Gasteiger partial charge < -0.3 is 15.4 Å². The highest BCUT2D eigenvalue weighted by Crippen LogP contribution is 2.36. The number of carbonyl (C=O) groups excluding carboxylic acids is 2. The van der Waals surface area contributed by atoms with Gasteiger partial charge in [-0.3, -0.25) is 13.9 Å². The van der Waals surface area contributed by atoms with E-state index in [9.17, 15) is 18.0 Å². The van der Waals surface area contributed by atoms with Crippen molar-refractivity contribution in [2.75, 3.05) is 21.5 Å². The molecule has 0 radical (unpaired) electrons. The molecule has 4 rings (SSSR count). The lowest BCUT2D eigenvalue weighted by Gasteiger charge is -2.30. The molecule has 2 aromatic carbocycles. The van der Waals surface area contributed by atoms with Crippen LogP contribution in [0.25, 0.3) is 0 Å². The monoisotopic (exact) mass is 373 g/mol. The standard InChI is InChI=1S/C17H15N3O5S/c1-10-17(22)19-13-8-11(6-7-15(13)25-10)26(23,24)20-9-16(21)18-12-4-2-3-5-14(12)20/h2-8,10H,9H2,1H3,(H,18,21)(H,19,22)/t10-/m1/s1. The Morgan fingerprint density at radius 2 is 1.85 bits per heavy atom. The quantitative estimate of drug-likeness (QED) is 0.831. The zero-order valence-corrected chi connectivity index (χ0v) is 14.5. The molecule has 26 heavy (non-hydrogen) atoms. The van der Waals surface area contributed by atoms with Crippen molar-refractivity contribution < 1.29 is 22.7 Å². The van der Waals surface area contributed by atoms with Gasteiger partial charge in [0.15, 0.2) is 6.10 Å². The Labute approximate surface area is 149 Å². The van der Waals surface area contributed by atoms with Crippen molar-refractivity contribution in [3.05, 3.63) is 42.5 Å². The summed E-state index contributed by atoms with van der Waals surface area (Å²) in [6, 6.07) is 10.9. The minimum absolute atomic E-state index is 0.0424. The topological polar surface area (TPSA) is 105 Å². The number of rotatable bonds is 2. The minimum atomic E-state index is -4.01. The SMILES string of the molecule is C[C@H]1Oc2ccc(S(=O)(=O)N3CC(=O)Nc4ccccc43)cc2NC1=O. The number of sulfonamides is 1. The van der Waals surface area contributed by atoms with Crippen LogP contribution in [0.2, 0.25) is 0 Å². The van der Waals surface area contributed by atoms with Crippen LogP contribution in [0, 0.1) is 0 Å². The van der Waals surface area contributed by atoms with Crippen LogP contribution in [0.15, 0.2) is 47.4 Å². The van der Waals surface area contributed by atoms with E-state index in [0.29, 0.717) is 17.1 Å². The van der Waals surface area contributed by atoms with E-state index in [1.54, 1.807) is 31.2 Å². The molecule has 0 spiro atoms. The number of hydrogen-bond acceptors (Lipinski definition) is 5. The Balaban J connectivity index is 1.78. The summed E-state index contributed by atoms with van der Waals surface area (Å²) in [5.41, 5.74) is 1.10. The molecule has 0 aromatic heterocycles. The van der Waals surface area contributed by atoms with Crippen LogP contribution in [-0.2, 0) is 19.6 Å². The molecule has 1 atom stereocenters. The molecule has 0 saturated heterocycles. The number of amides is 2. The van der Waals surface area contributed by atoms with Crippen LogP contribution >= 0.6 is 0 Å². The van der Waals surface area contributed by atoms with Crippen molar-refractivity contribution in [3.8, 4) is 5.75 Å². The number of nitrogens with zero attached hydrogens (tertiary/aromatic N) is 1. The third-order valence-corrected chi connectivity index (χ3v) is 5.96. The maximum atomic E-state index is 13.1. The van der Waals surface area contributed by atoms with Crippen molar-refractivity contribution in [2.45, 2.75) is 17.9 Å². The van der Waals surface area contributed by atoms with E-state index in [0.717, 1.165) is 4.31 Å². The average Bonchev–Trinajstić information content (AvgIpc) is 2.61. The third kappa shape index (κ3) is 2.57. The Kier molecular flexibility index (Phi) is 3.62. The van der Waals surface area contributed by atoms with E-state index in [2.05, 4.69) is 10.6 Å². The summed E-state index contributed by atoms with van der Waals surface area (Å²) < 4.78 is 32.7. The Morgan fingerprint density at radius 1 is 1.08 bits per heavy atom. The van der Waals surface area contributed by atoms with Crippen LogP contribution in [0.1, 0.15) is 6.92 Å². The normalized spacial score (nSPS) is 19.0. The second kappa shape index (κ2) is 5.73. The smallest absolute Gasteiger partial charge is 0.265 e. The van der Waals surface area contributed by atoms with E-state index in [-0.39, 0.29) is 23.0 Å². The first-order valence-electron chi connectivity index (χ1n) is 7.89. The first-order valence-corrected chi connectivity index (χ1v) is 9.33. The number of para-hydroxylation sites is 2. The van der Waals surface area contributed by atoms with Gasteiger partial charge in [-0.15, -0.1) is 0 Å². The highest BCUT2D eigenvalue weighted by atomic mass is 32.2. The lowest BCUT2D eigenvalue weighted by atomic mass is 10.2. The van der Waals surface area contributed by atoms with Gasteiger partial charge >= 0.3 is 0 Å². The third-order valence-electron chi connectivity index (χ3n) is 4.20. The van der Waals surface area contributed by atoms with Crippen molar-refractivity contribution in [2.24, 2.45) is 0 Å². The second-order valence-corrected chi connectivity index (χ2v) is 7.85. The molecule has 2 aliphatic rings. The molecule has 0 aliphatic carbocycles. The van der Waals surface area contributed by atoms with Crippen molar-refractivity contribution in [3.63, 3.8) is 0 Å². The van der Waals surface area contributed by atoms with Gasteiger partial charge in [0.05, 0.1) is 22.0 Å². The van der Waals surface area contributed by atoms with Gasteiger partial charge in [-0.1, -0.05) is 12.1 Å². The Hall–Kier alpha value is -3.07. The molecule has 134 valence electrons. The van der Waals surface area contributed by atoms with E-state index < -0.39 is 22.0 Å². The number of hydrogen-bond donors (Lipinski definition) is 2. The zero-order chi connectivity index (χ0) is 18.5. The highest BCUT2D eigenvalue weighted by Gasteiger charge is 2.33. The highest BCUT2D eigenvalue weighted by molar-refractivity contribution is 7.93. The number of nitrogens with one attached hydrogen (secondary N) is 2. The molecule has 8 nitrogen and oxygen atoms in total. The first-order chi connectivity index (χ1) is 12.4. The van der Waals surface area contributed by atoms with Gasteiger partial charge in [-0.05, 0) is 37.3 Å². The van der Waals surface area contributed by atoms with Gasteiger partial charge in [0, 0.05) is 0 Å². The van der Waals surface area contributed by atoms with Gasteiger partial charge in [0.1, 0.15) is 12.3 Å². The van der Waals surface area contributed by atoms with Crippen LogP contribution in [0.5, 0.6) is 5.75 Å². The van der Waals surface area contributed by atoms with E-state index in [1.807, 2.05) is 0 Å². The number of ether oxygens (including phenoxy) is 1. The van der Waals surface area contributed by atoms with Gasteiger partial charge in [0.25, 0.3) is 15.9 Å².